The Morgan fingerprint density at radius 2 is 0.402 bits per heavy atom. The second-order valence-corrected chi connectivity index (χ2v) is 25.9. The number of rotatable bonds is 71. The van der Waals surface area contributed by atoms with Gasteiger partial charge in [0.2, 0.25) is 0 Å². The molecule has 486 valence electrons. The Morgan fingerprint density at radius 3 is 0.610 bits per heavy atom. The first-order valence-corrected chi connectivity index (χ1v) is 37.7. The van der Waals surface area contributed by atoms with Crippen LogP contribution in [-0.4, -0.2) is 37.2 Å². The van der Waals surface area contributed by atoms with Crippen LogP contribution in [0.2, 0.25) is 0 Å². The third-order valence-electron chi connectivity index (χ3n) is 17.5. The number of esters is 3. The van der Waals surface area contributed by atoms with Gasteiger partial charge in [0.25, 0.3) is 0 Å². The molecule has 0 heterocycles. The molecule has 0 aliphatic carbocycles. The first-order chi connectivity index (χ1) is 40.5. The molecule has 0 saturated carbocycles. The van der Waals surface area contributed by atoms with Gasteiger partial charge < -0.3 is 14.2 Å². The first kappa shape index (κ1) is 80.2. The minimum Gasteiger partial charge on any atom is -0.462 e. The van der Waals surface area contributed by atoms with E-state index in [1.54, 1.807) is 0 Å². The van der Waals surface area contributed by atoms with E-state index >= 15 is 0 Å². The standard InChI is InChI=1S/C76H146O6/c1-4-7-10-13-16-19-22-25-28-31-34-36-38-40-42-45-48-51-54-57-60-63-66-69-75(78)81-72-73(71-80-74(77)68-65-62-59-56-53-50-47-44-41-33-30-27-24-21-18-15-12-9-6-3)82-76(79)70-67-64-61-58-55-52-49-46-43-39-37-35-32-29-26-23-20-17-14-11-8-5-2/h27,30,73H,4-26,28-29,31-72H2,1-3H3/b30-27-. The molecule has 1 atom stereocenters. The van der Waals surface area contributed by atoms with Crippen LogP contribution in [-0.2, 0) is 28.6 Å². The molecule has 0 fully saturated rings. The average Bonchev–Trinajstić information content (AvgIpc) is 3.47. The quantitative estimate of drug-likeness (QED) is 0.0261. The van der Waals surface area contributed by atoms with Crippen LogP contribution in [0.3, 0.4) is 0 Å². The minimum atomic E-state index is -0.768. The van der Waals surface area contributed by atoms with Crippen molar-refractivity contribution in [3.05, 3.63) is 12.2 Å². The number of hydrogen-bond donors (Lipinski definition) is 0. The van der Waals surface area contributed by atoms with Crippen molar-refractivity contribution in [2.24, 2.45) is 0 Å². The Labute approximate surface area is 513 Å². The molecule has 0 aromatic heterocycles. The monoisotopic (exact) mass is 1160 g/mol. The van der Waals surface area contributed by atoms with Gasteiger partial charge in [0.05, 0.1) is 0 Å². The fraction of sp³-hybridized carbons (Fsp3) is 0.934. The SMILES string of the molecule is CCCCCCCC/C=C\CCCCCCCCCCCC(=O)OCC(COC(=O)CCCCCCCCCCCCCCCCCCCCCCCCC)OC(=O)CCCCCCCCCCCCCCCCCCCCCCCC. The van der Waals surface area contributed by atoms with E-state index in [-0.39, 0.29) is 31.1 Å². The molecule has 0 N–H and O–H groups in total. The Bertz CT molecular complexity index is 1280. The van der Waals surface area contributed by atoms with Crippen molar-refractivity contribution in [1.82, 2.24) is 0 Å². The highest BCUT2D eigenvalue weighted by Crippen LogP contribution is 2.20. The molecule has 6 heteroatoms. The lowest BCUT2D eigenvalue weighted by Crippen LogP contribution is -2.30. The van der Waals surface area contributed by atoms with Gasteiger partial charge >= 0.3 is 17.9 Å². The summed E-state index contributed by atoms with van der Waals surface area (Å²) in [6.07, 6.45) is 86.8. The Balaban J connectivity index is 4.27. The molecule has 0 aromatic rings. The zero-order chi connectivity index (χ0) is 59.2. The van der Waals surface area contributed by atoms with Crippen molar-refractivity contribution < 1.29 is 28.6 Å². The van der Waals surface area contributed by atoms with Gasteiger partial charge in [0.1, 0.15) is 13.2 Å². The smallest absolute Gasteiger partial charge is 0.306 e. The largest absolute Gasteiger partial charge is 0.462 e. The Morgan fingerprint density at radius 1 is 0.232 bits per heavy atom. The van der Waals surface area contributed by atoms with Crippen molar-refractivity contribution in [1.29, 1.82) is 0 Å². The van der Waals surface area contributed by atoms with E-state index < -0.39 is 6.10 Å². The summed E-state index contributed by atoms with van der Waals surface area (Å²) in [4.78, 5) is 38.6. The topological polar surface area (TPSA) is 78.9 Å². The number of carbonyl (C=O) groups is 3. The van der Waals surface area contributed by atoms with Crippen LogP contribution in [0.5, 0.6) is 0 Å². The summed E-state index contributed by atoms with van der Waals surface area (Å²) >= 11 is 0. The fourth-order valence-corrected chi connectivity index (χ4v) is 11.9. The zero-order valence-electron chi connectivity index (χ0n) is 56.1. The molecule has 0 aliphatic rings. The van der Waals surface area contributed by atoms with Gasteiger partial charge in [-0.2, -0.15) is 0 Å². The first-order valence-electron chi connectivity index (χ1n) is 37.7. The predicted octanol–water partition coefficient (Wildman–Crippen LogP) is 26.0. The molecule has 0 aliphatic heterocycles. The van der Waals surface area contributed by atoms with E-state index in [1.807, 2.05) is 0 Å². The van der Waals surface area contributed by atoms with Crippen LogP contribution in [0.25, 0.3) is 0 Å². The van der Waals surface area contributed by atoms with E-state index in [0.29, 0.717) is 19.3 Å². The summed E-state index contributed by atoms with van der Waals surface area (Å²) in [5.74, 6) is -0.824. The number of hydrogen-bond acceptors (Lipinski definition) is 6. The predicted molar refractivity (Wildman–Crippen MR) is 358 cm³/mol. The van der Waals surface area contributed by atoms with Crippen molar-refractivity contribution >= 4 is 17.9 Å². The minimum absolute atomic E-state index is 0.0630. The second kappa shape index (κ2) is 71.6. The van der Waals surface area contributed by atoms with E-state index in [9.17, 15) is 14.4 Å². The summed E-state index contributed by atoms with van der Waals surface area (Å²) in [6.45, 7) is 6.74. The molecule has 0 bridgehead atoms. The summed E-state index contributed by atoms with van der Waals surface area (Å²) in [6, 6.07) is 0. The van der Waals surface area contributed by atoms with Gasteiger partial charge in [-0.15, -0.1) is 0 Å². The molecule has 82 heavy (non-hydrogen) atoms. The highest BCUT2D eigenvalue weighted by atomic mass is 16.6. The van der Waals surface area contributed by atoms with E-state index in [2.05, 4.69) is 32.9 Å². The van der Waals surface area contributed by atoms with Crippen molar-refractivity contribution in [2.75, 3.05) is 13.2 Å². The second-order valence-electron chi connectivity index (χ2n) is 25.9. The molecule has 0 saturated heterocycles. The Hall–Kier alpha value is -1.85. The van der Waals surface area contributed by atoms with E-state index in [1.165, 1.54) is 340 Å². The van der Waals surface area contributed by atoms with Gasteiger partial charge in [-0.25, -0.2) is 0 Å². The van der Waals surface area contributed by atoms with Gasteiger partial charge in [-0.05, 0) is 44.9 Å². The maximum absolute atomic E-state index is 13.0. The number of unbranched alkanes of at least 4 members (excludes halogenated alkanes) is 58. The summed E-state index contributed by atoms with van der Waals surface area (Å²) in [7, 11) is 0. The van der Waals surface area contributed by atoms with Crippen LogP contribution in [0.4, 0.5) is 0 Å². The molecule has 0 amide bonds. The molecular formula is C76H146O6. The van der Waals surface area contributed by atoms with Crippen LogP contribution in [0, 0.1) is 0 Å². The van der Waals surface area contributed by atoms with Crippen LogP contribution in [0.15, 0.2) is 12.2 Å². The van der Waals surface area contributed by atoms with Crippen molar-refractivity contribution in [3.8, 4) is 0 Å². The highest BCUT2D eigenvalue weighted by Gasteiger charge is 2.20. The molecule has 6 nitrogen and oxygen atoms in total. The third-order valence-corrected chi connectivity index (χ3v) is 17.5. The lowest BCUT2D eigenvalue weighted by atomic mass is 10.0. The maximum Gasteiger partial charge on any atom is 0.306 e. The van der Waals surface area contributed by atoms with Crippen LogP contribution >= 0.6 is 0 Å². The lowest BCUT2D eigenvalue weighted by molar-refractivity contribution is -0.167. The van der Waals surface area contributed by atoms with E-state index in [4.69, 9.17) is 14.2 Å². The lowest BCUT2D eigenvalue weighted by Gasteiger charge is -2.18. The van der Waals surface area contributed by atoms with Crippen LogP contribution in [0.1, 0.15) is 438 Å². The molecule has 0 spiro atoms. The van der Waals surface area contributed by atoms with E-state index in [0.717, 1.165) is 57.8 Å². The summed E-state index contributed by atoms with van der Waals surface area (Å²) in [5, 5.41) is 0. The number of allylic oxidation sites excluding steroid dienone is 2. The average molecular weight is 1160 g/mol. The normalized spacial score (nSPS) is 12.0. The number of carbonyl (C=O) groups excluding carboxylic acids is 3. The fourth-order valence-electron chi connectivity index (χ4n) is 11.9. The van der Waals surface area contributed by atoms with Gasteiger partial charge in [0.15, 0.2) is 6.10 Å². The Kier molecular flexibility index (Phi) is 70.0. The zero-order valence-corrected chi connectivity index (χ0v) is 56.1. The van der Waals surface area contributed by atoms with Gasteiger partial charge in [0, 0.05) is 19.3 Å². The maximum atomic E-state index is 13.0. The highest BCUT2D eigenvalue weighted by molar-refractivity contribution is 5.71. The molecule has 1 unspecified atom stereocenters. The van der Waals surface area contributed by atoms with Gasteiger partial charge in [-0.1, -0.05) is 386 Å². The molecule has 0 rings (SSSR count). The summed E-state index contributed by atoms with van der Waals surface area (Å²) in [5.41, 5.74) is 0. The van der Waals surface area contributed by atoms with Gasteiger partial charge in [-0.3, -0.25) is 14.4 Å². The van der Waals surface area contributed by atoms with Crippen LogP contribution < -0.4 is 0 Å². The molecule has 0 radical (unpaired) electrons. The van der Waals surface area contributed by atoms with Crippen molar-refractivity contribution in [2.45, 2.75) is 444 Å². The third kappa shape index (κ3) is 68.9. The van der Waals surface area contributed by atoms with Crippen molar-refractivity contribution in [3.63, 3.8) is 0 Å². The summed E-state index contributed by atoms with van der Waals surface area (Å²) < 4.78 is 17.1. The molecule has 0 aromatic carbocycles. The number of ether oxygens (including phenoxy) is 3. The molecular weight excluding hydrogens is 1010 g/mol.